The summed E-state index contributed by atoms with van der Waals surface area (Å²) < 4.78 is 29.8. The summed E-state index contributed by atoms with van der Waals surface area (Å²) in [6.07, 6.45) is 3.80. The fourth-order valence-corrected chi connectivity index (χ4v) is 2.75. The Labute approximate surface area is 113 Å². The average molecular weight is 274 g/mol. The van der Waals surface area contributed by atoms with Gasteiger partial charge in [-0.2, -0.15) is 0 Å². The molecule has 1 aliphatic heterocycles. The number of unbranched alkanes of at least 4 members (excludes halogenated alkanes) is 1. The van der Waals surface area contributed by atoms with E-state index in [9.17, 15) is 9.18 Å². The first-order valence-electron chi connectivity index (χ1n) is 7.17. The molecule has 0 aromatic rings. The number of carbonyl (C=O) groups excluding carboxylic acids is 1. The van der Waals surface area contributed by atoms with Gasteiger partial charge in [0.05, 0.1) is 25.2 Å². The van der Waals surface area contributed by atoms with Crippen LogP contribution in [0.15, 0.2) is 0 Å². The van der Waals surface area contributed by atoms with Gasteiger partial charge in [-0.1, -0.05) is 13.3 Å². The molecular formula is C14H23FO4. The van der Waals surface area contributed by atoms with Crippen molar-refractivity contribution in [2.45, 2.75) is 51.2 Å². The van der Waals surface area contributed by atoms with E-state index in [0.717, 1.165) is 12.8 Å². The van der Waals surface area contributed by atoms with Crippen molar-refractivity contribution in [1.82, 2.24) is 0 Å². The smallest absolute Gasteiger partial charge is 0.314 e. The van der Waals surface area contributed by atoms with Gasteiger partial charge in [0.15, 0.2) is 5.79 Å². The number of hydrogen-bond donors (Lipinski definition) is 0. The molecule has 0 N–H and O–H groups in total. The average Bonchev–Trinajstić information content (AvgIpc) is 2.89. The van der Waals surface area contributed by atoms with Gasteiger partial charge in [0.25, 0.3) is 0 Å². The van der Waals surface area contributed by atoms with Crippen molar-refractivity contribution in [3.05, 3.63) is 0 Å². The van der Waals surface area contributed by atoms with Crippen LogP contribution in [0.25, 0.3) is 0 Å². The molecule has 19 heavy (non-hydrogen) atoms. The van der Waals surface area contributed by atoms with Crippen LogP contribution in [0, 0.1) is 5.41 Å². The van der Waals surface area contributed by atoms with E-state index < -0.39 is 23.8 Å². The highest BCUT2D eigenvalue weighted by molar-refractivity contribution is 5.77. The van der Waals surface area contributed by atoms with Crippen molar-refractivity contribution in [2.24, 2.45) is 5.41 Å². The van der Waals surface area contributed by atoms with Gasteiger partial charge in [-0.3, -0.25) is 4.79 Å². The number of carbonyl (C=O) groups is 1. The molecule has 2 aliphatic rings. The Morgan fingerprint density at radius 1 is 1.21 bits per heavy atom. The lowest BCUT2D eigenvalue weighted by atomic mass is 9.72. The molecule has 0 atom stereocenters. The van der Waals surface area contributed by atoms with E-state index in [-0.39, 0.29) is 0 Å². The monoisotopic (exact) mass is 274 g/mol. The van der Waals surface area contributed by atoms with Crippen LogP contribution in [0.1, 0.15) is 45.4 Å². The maximum Gasteiger partial charge on any atom is 0.314 e. The third kappa shape index (κ3) is 3.08. The van der Waals surface area contributed by atoms with Gasteiger partial charge in [0.2, 0.25) is 0 Å². The Morgan fingerprint density at radius 3 is 2.37 bits per heavy atom. The van der Waals surface area contributed by atoms with E-state index >= 15 is 0 Å². The largest absolute Gasteiger partial charge is 0.465 e. The maximum atomic E-state index is 13.4. The van der Waals surface area contributed by atoms with Crippen molar-refractivity contribution in [2.75, 3.05) is 26.5 Å². The van der Waals surface area contributed by atoms with Crippen LogP contribution in [0.3, 0.4) is 0 Å². The van der Waals surface area contributed by atoms with Crippen LogP contribution < -0.4 is 0 Å². The van der Waals surface area contributed by atoms with E-state index in [1.54, 1.807) is 0 Å². The maximum absolute atomic E-state index is 13.4. The normalized spacial score (nSPS) is 24.5. The summed E-state index contributed by atoms with van der Waals surface area (Å²) in [5.41, 5.74) is -0.978. The van der Waals surface area contributed by atoms with E-state index in [4.69, 9.17) is 14.2 Å². The summed E-state index contributed by atoms with van der Waals surface area (Å²) in [6.45, 7) is 2.92. The Kier molecular flexibility index (Phi) is 4.79. The molecule has 1 aliphatic carbocycles. The van der Waals surface area contributed by atoms with Gasteiger partial charge >= 0.3 is 5.97 Å². The quantitative estimate of drug-likeness (QED) is 0.571. The molecule has 1 saturated heterocycles. The molecule has 1 saturated carbocycles. The van der Waals surface area contributed by atoms with Crippen LogP contribution in [-0.4, -0.2) is 38.3 Å². The lowest BCUT2D eigenvalue weighted by molar-refractivity contribution is -0.200. The first-order chi connectivity index (χ1) is 9.16. The molecule has 0 bridgehead atoms. The number of ether oxygens (including phenoxy) is 3. The lowest BCUT2D eigenvalue weighted by Crippen LogP contribution is -2.45. The van der Waals surface area contributed by atoms with E-state index in [2.05, 4.69) is 0 Å². The fourth-order valence-electron chi connectivity index (χ4n) is 2.75. The molecule has 0 amide bonds. The highest BCUT2D eigenvalue weighted by Gasteiger charge is 2.50. The SMILES string of the molecule is CCCCOC(=O)C1(CF)CCC2(CC1)OCCO2. The highest BCUT2D eigenvalue weighted by Crippen LogP contribution is 2.45. The van der Waals surface area contributed by atoms with Gasteiger partial charge in [-0.25, -0.2) is 4.39 Å². The third-order valence-electron chi connectivity index (χ3n) is 4.20. The van der Waals surface area contributed by atoms with E-state index in [1.165, 1.54) is 0 Å². The molecule has 1 heterocycles. The zero-order valence-electron chi connectivity index (χ0n) is 11.6. The van der Waals surface area contributed by atoms with Crippen molar-refractivity contribution >= 4 is 5.97 Å². The molecule has 110 valence electrons. The summed E-state index contributed by atoms with van der Waals surface area (Å²) >= 11 is 0. The van der Waals surface area contributed by atoms with Gasteiger partial charge in [-0.15, -0.1) is 0 Å². The summed E-state index contributed by atoms with van der Waals surface area (Å²) in [5.74, 6) is -0.959. The molecule has 0 radical (unpaired) electrons. The summed E-state index contributed by atoms with van der Waals surface area (Å²) in [5, 5.41) is 0. The Hall–Kier alpha value is -0.680. The van der Waals surface area contributed by atoms with Crippen molar-refractivity contribution in [3.63, 3.8) is 0 Å². The third-order valence-corrected chi connectivity index (χ3v) is 4.20. The second kappa shape index (κ2) is 6.18. The summed E-state index contributed by atoms with van der Waals surface area (Å²) in [7, 11) is 0. The molecule has 5 heteroatoms. The Morgan fingerprint density at radius 2 is 1.84 bits per heavy atom. The molecule has 0 aromatic heterocycles. The second-order valence-electron chi connectivity index (χ2n) is 5.51. The van der Waals surface area contributed by atoms with Gasteiger partial charge < -0.3 is 14.2 Å². The molecule has 0 unspecified atom stereocenters. The zero-order chi connectivity index (χ0) is 13.8. The van der Waals surface area contributed by atoms with Gasteiger partial charge in [0.1, 0.15) is 6.67 Å². The summed E-state index contributed by atoms with van der Waals surface area (Å²) in [4.78, 5) is 12.1. The number of esters is 1. The van der Waals surface area contributed by atoms with Crippen LogP contribution in [-0.2, 0) is 19.0 Å². The lowest BCUT2D eigenvalue weighted by Gasteiger charge is -2.40. The fraction of sp³-hybridized carbons (Fsp3) is 0.929. The highest BCUT2D eigenvalue weighted by atomic mass is 19.1. The topological polar surface area (TPSA) is 44.8 Å². The van der Waals surface area contributed by atoms with Crippen molar-refractivity contribution < 1.29 is 23.4 Å². The molecular weight excluding hydrogens is 251 g/mol. The van der Waals surface area contributed by atoms with Gasteiger partial charge in [-0.05, 0) is 19.3 Å². The predicted octanol–water partition coefficient (Wildman–Crippen LogP) is 2.60. The minimum absolute atomic E-state index is 0.384. The molecule has 2 rings (SSSR count). The van der Waals surface area contributed by atoms with E-state index in [0.29, 0.717) is 45.5 Å². The number of alkyl halides is 1. The summed E-state index contributed by atoms with van der Waals surface area (Å²) in [6, 6.07) is 0. The molecule has 0 aromatic carbocycles. The van der Waals surface area contributed by atoms with Crippen molar-refractivity contribution in [1.29, 1.82) is 0 Å². The van der Waals surface area contributed by atoms with Crippen molar-refractivity contribution in [3.8, 4) is 0 Å². The predicted molar refractivity (Wildman–Crippen MR) is 67.4 cm³/mol. The minimum Gasteiger partial charge on any atom is -0.465 e. The first-order valence-corrected chi connectivity index (χ1v) is 7.17. The van der Waals surface area contributed by atoms with Gasteiger partial charge in [0, 0.05) is 12.8 Å². The number of halogens is 1. The van der Waals surface area contributed by atoms with Crippen LogP contribution >= 0.6 is 0 Å². The Balaban J connectivity index is 1.91. The molecule has 4 nitrogen and oxygen atoms in total. The standard InChI is InChI=1S/C14H23FO4/c1-2-3-8-17-12(16)13(11-15)4-6-14(7-5-13)18-9-10-19-14/h2-11H2,1H3. The van der Waals surface area contributed by atoms with E-state index in [1.807, 2.05) is 6.92 Å². The van der Waals surface area contributed by atoms with Crippen LogP contribution in [0.4, 0.5) is 4.39 Å². The second-order valence-corrected chi connectivity index (χ2v) is 5.51. The Bertz CT molecular complexity index is 303. The van der Waals surface area contributed by atoms with Crippen LogP contribution in [0.2, 0.25) is 0 Å². The number of rotatable bonds is 5. The molecule has 1 spiro atoms. The molecule has 2 fully saturated rings. The zero-order valence-corrected chi connectivity index (χ0v) is 11.6. The first kappa shape index (κ1) is 14.7. The minimum atomic E-state index is -0.978. The van der Waals surface area contributed by atoms with Crippen LogP contribution in [0.5, 0.6) is 0 Å². The number of hydrogen-bond acceptors (Lipinski definition) is 4.